The smallest absolute Gasteiger partial charge is 1.00 e. The van der Waals surface area contributed by atoms with Gasteiger partial charge < -0.3 is 14.3 Å². The van der Waals surface area contributed by atoms with Crippen LogP contribution in [0.5, 0.6) is 0 Å². The fraction of sp³-hybridized carbons (Fsp3) is 0. The van der Waals surface area contributed by atoms with Crippen LogP contribution in [0.4, 0.5) is 0 Å². The van der Waals surface area contributed by atoms with Crippen LogP contribution in [0.25, 0.3) is 0 Å². The first-order valence-electron chi connectivity index (χ1n) is 2.54. The van der Waals surface area contributed by atoms with Gasteiger partial charge in [0.2, 0.25) is 12.8 Å². The summed E-state index contributed by atoms with van der Waals surface area (Å²) in [5.74, 6) is 0. The molecule has 0 atom stereocenters. The quantitative estimate of drug-likeness (QED) is 0.139. The van der Waals surface area contributed by atoms with Crippen molar-refractivity contribution in [3.63, 3.8) is 0 Å². The molecular formula is C2H12N2Na2O10S2. The molecule has 0 rings (SSSR count). The number of hydrogen-bond donors (Lipinski definition) is 6. The molecule has 0 aromatic carbocycles. The molecule has 0 bridgehead atoms. The van der Waals surface area contributed by atoms with Gasteiger partial charge in [0.25, 0.3) is 0 Å². The Hall–Kier alpha value is 0.680. The van der Waals surface area contributed by atoms with Gasteiger partial charge in [-0.15, -0.1) is 0 Å². The van der Waals surface area contributed by atoms with Crippen LogP contribution in [0.15, 0.2) is 0 Å². The molecule has 0 heterocycles. The molecule has 0 fully saturated rings. The molecule has 8 N–H and O–H groups in total. The second-order valence-electron chi connectivity index (χ2n) is 1.17. The van der Waals surface area contributed by atoms with E-state index in [2.05, 4.69) is 11.5 Å². The van der Waals surface area contributed by atoms with Gasteiger partial charge >= 0.3 is 79.9 Å². The summed E-state index contributed by atoms with van der Waals surface area (Å²) in [4.78, 5) is 17.2. The molecule has 0 aliphatic rings. The number of amides is 2. The third kappa shape index (κ3) is 8870. The van der Waals surface area contributed by atoms with E-state index < -0.39 is 20.8 Å². The second kappa shape index (κ2) is 22.8. The Morgan fingerprint density at radius 2 is 0.722 bits per heavy atom. The summed E-state index contributed by atoms with van der Waals surface area (Å²) < 4.78 is 63.2. The van der Waals surface area contributed by atoms with E-state index in [1.807, 2.05) is 0 Å². The Balaban J connectivity index is -0.0000000154. The summed E-state index contributed by atoms with van der Waals surface area (Å²) in [6, 6.07) is 0. The van der Waals surface area contributed by atoms with Gasteiger partial charge in [0, 0.05) is 0 Å². The Kier molecular flexibility index (Phi) is 46.1. The minimum Gasteiger partial charge on any atom is -1.00 e. The van der Waals surface area contributed by atoms with Crippen molar-refractivity contribution in [1.82, 2.24) is 0 Å². The van der Waals surface area contributed by atoms with Crippen molar-refractivity contribution in [2.75, 3.05) is 0 Å². The Labute approximate surface area is 150 Å². The molecule has 0 aromatic heterocycles. The predicted octanol–water partition coefficient (Wildman–Crippen LogP) is -8.87. The molecule has 0 spiro atoms. The van der Waals surface area contributed by atoms with Crippen LogP contribution in [0.3, 0.4) is 0 Å². The number of carbonyl (C=O) groups is 2. The fourth-order valence-corrected chi connectivity index (χ4v) is 0. The summed E-state index contributed by atoms with van der Waals surface area (Å²) in [5, 5.41) is 0. The first-order chi connectivity index (χ1) is 6.83. The van der Waals surface area contributed by atoms with E-state index in [1.165, 1.54) is 0 Å². The number of primary amides is 2. The third-order valence-corrected chi connectivity index (χ3v) is 0. The molecule has 0 unspecified atom stereocenters. The molecule has 2 amide bonds. The van der Waals surface area contributed by atoms with Gasteiger partial charge in [-0.1, -0.05) is 0 Å². The van der Waals surface area contributed by atoms with Crippen LogP contribution in [-0.4, -0.2) is 47.9 Å². The van der Waals surface area contributed by atoms with E-state index in [9.17, 15) is 0 Å². The van der Waals surface area contributed by atoms with Gasteiger partial charge in [0.05, 0.1) is 0 Å². The van der Waals surface area contributed by atoms with Crippen LogP contribution in [-0.2, 0) is 30.4 Å². The van der Waals surface area contributed by atoms with E-state index in [4.69, 9.17) is 44.6 Å². The van der Waals surface area contributed by atoms with E-state index >= 15 is 0 Å². The monoisotopic (exact) mass is 334 g/mol. The van der Waals surface area contributed by atoms with Crippen molar-refractivity contribution in [3.8, 4) is 0 Å². The minimum absolute atomic E-state index is 0. The van der Waals surface area contributed by atoms with E-state index in [0.29, 0.717) is 0 Å². The standard InChI is InChI=1S/2CH3NO.2Na.2H2O4S.2H/c2*2-1-3;;;2*1-5(2,3)4;;/h2*1H,(H2,2,3);;;2*(H2,1,2,3,4);;/q;;2*+1;;;2*-1. The molecule has 0 aromatic rings. The zero-order valence-electron chi connectivity index (χ0n) is 11.4. The molecule has 0 radical (unpaired) electrons. The predicted molar refractivity (Wildman–Crippen MR) is 51.1 cm³/mol. The second-order valence-corrected chi connectivity index (χ2v) is 2.96. The Morgan fingerprint density at radius 3 is 0.722 bits per heavy atom. The number of hydrogen-bond acceptors (Lipinski definition) is 6. The summed E-state index contributed by atoms with van der Waals surface area (Å²) in [5.41, 5.74) is 8.33. The zero-order chi connectivity index (χ0) is 14.4. The number of nitrogens with two attached hydrogens (primary N) is 2. The van der Waals surface area contributed by atoms with Gasteiger partial charge in [-0.25, -0.2) is 0 Å². The topological polar surface area (TPSA) is 235 Å². The van der Waals surface area contributed by atoms with Crippen LogP contribution in [0.1, 0.15) is 2.85 Å². The summed E-state index contributed by atoms with van der Waals surface area (Å²) >= 11 is 0. The van der Waals surface area contributed by atoms with Gasteiger partial charge in [0.15, 0.2) is 0 Å². The van der Waals surface area contributed by atoms with E-state index in [-0.39, 0.29) is 74.8 Å². The SMILES string of the molecule is NC=O.NC=O.O=S(=O)(O)O.O=S(=O)(O)O.[H-].[H-].[Na+].[Na+]. The molecule has 12 nitrogen and oxygen atoms in total. The Morgan fingerprint density at radius 1 is 0.722 bits per heavy atom. The van der Waals surface area contributed by atoms with Gasteiger partial charge in [-0.3, -0.25) is 27.8 Å². The molecule has 16 heteroatoms. The first-order valence-corrected chi connectivity index (χ1v) is 5.33. The fourth-order valence-electron chi connectivity index (χ4n) is 0. The van der Waals surface area contributed by atoms with Crippen molar-refractivity contribution >= 4 is 33.6 Å². The first kappa shape index (κ1) is 36.3. The maximum atomic E-state index is 8.74. The average Bonchev–Trinajstić information content (AvgIpc) is 1.79. The normalized spacial score (nSPS) is 7.78. The average molecular weight is 334 g/mol. The van der Waals surface area contributed by atoms with Crippen LogP contribution in [0.2, 0.25) is 0 Å². The number of carbonyl (C=O) groups excluding carboxylic acids is 2. The third-order valence-electron chi connectivity index (χ3n) is 0. The zero-order valence-corrected chi connectivity index (χ0v) is 15.0. The largest absolute Gasteiger partial charge is 1.00 e. The van der Waals surface area contributed by atoms with Gasteiger partial charge in [0.1, 0.15) is 0 Å². The molecular weight excluding hydrogens is 322 g/mol. The minimum atomic E-state index is -4.67. The maximum Gasteiger partial charge on any atom is 1.00 e. The maximum absolute atomic E-state index is 8.74. The molecule has 0 saturated carbocycles. The van der Waals surface area contributed by atoms with E-state index in [0.717, 1.165) is 0 Å². The summed E-state index contributed by atoms with van der Waals surface area (Å²) in [6.07, 6.45) is 0.500. The number of rotatable bonds is 0. The molecule has 0 aliphatic heterocycles. The molecule has 0 saturated heterocycles. The van der Waals surface area contributed by atoms with Crippen LogP contribution in [0, 0.1) is 0 Å². The molecule has 0 aliphatic carbocycles. The van der Waals surface area contributed by atoms with Crippen molar-refractivity contribution in [1.29, 1.82) is 0 Å². The summed E-state index contributed by atoms with van der Waals surface area (Å²) in [7, 11) is -9.33. The van der Waals surface area contributed by atoms with Crippen molar-refractivity contribution in [2.45, 2.75) is 0 Å². The van der Waals surface area contributed by atoms with Crippen LogP contribution >= 0.6 is 0 Å². The summed E-state index contributed by atoms with van der Waals surface area (Å²) in [6.45, 7) is 0. The van der Waals surface area contributed by atoms with Crippen molar-refractivity contribution < 1.29 is 107 Å². The Bertz CT molecular complexity index is 307. The molecule has 18 heavy (non-hydrogen) atoms. The van der Waals surface area contributed by atoms with Gasteiger partial charge in [-0.2, -0.15) is 16.8 Å². The van der Waals surface area contributed by atoms with Crippen molar-refractivity contribution in [3.05, 3.63) is 0 Å². The molecule has 104 valence electrons. The van der Waals surface area contributed by atoms with Crippen LogP contribution < -0.4 is 70.6 Å². The van der Waals surface area contributed by atoms with Crippen molar-refractivity contribution in [2.24, 2.45) is 11.5 Å². The van der Waals surface area contributed by atoms with E-state index in [1.54, 1.807) is 0 Å². The van der Waals surface area contributed by atoms with Gasteiger partial charge in [-0.05, 0) is 0 Å².